The van der Waals surface area contributed by atoms with Crippen molar-refractivity contribution in [2.24, 2.45) is 0 Å². The van der Waals surface area contributed by atoms with Gasteiger partial charge in [0.25, 0.3) is 0 Å². The summed E-state index contributed by atoms with van der Waals surface area (Å²) in [7, 11) is 0. The summed E-state index contributed by atoms with van der Waals surface area (Å²) in [5.74, 6) is -0.942. The fourth-order valence-corrected chi connectivity index (χ4v) is 2.45. The maximum absolute atomic E-state index is 12.2. The number of aromatic nitrogens is 3. The number of carbonyl (C=O) groups is 1. The standard InChI is InChI=1S/C15H17N3O3/c1-9-13(7-14(19)20)11(3)18(15(21)17-9)10(2)12-5-4-6-16-8-12/h4-6,8,10H,7H2,1-3H3,(H,19,20). The number of pyridine rings is 1. The molecule has 6 heteroatoms. The fraction of sp³-hybridized carbons (Fsp3) is 0.333. The van der Waals surface area contributed by atoms with E-state index in [1.165, 1.54) is 4.57 Å². The molecular formula is C15H17N3O3. The van der Waals surface area contributed by atoms with Crippen LogP contribution in [0.3, 0.4) is 0 Å². The second-order valence-corrected chi connectivity index (χ2v) is 4.95. The van der Waals surface area contributed by atoms with Crippen LogP contribution in [0.5, 0.6) is 0 Å². The predicted molar refractivity (Wildman–Crippen MR) is 77.4 cm³/mol. The lowest BCUT2D eigenvalue weighted by molar-refractivity contribution is -0.136. The summed E-state index contributed by atoms with van der Waals surface area (Å²) in [6, 6.07) is 3.42. The molecule has 1 N–H and O–H groups in total. The normalized spacial score (nSPS) is 12.1. The Labute approximate surface area is 122 Å². The van der Waals surface area contributed by atoms with E-state index in [9.17, 15) is 9.59 Å². The minimum absolute atomic E-state index is 0.148. The summed E-state index contributed by atoms with van der Waals surface area (Å²) >= 11 is 0. The Bertz CT molecular complexity index is 723. The number of carboxylic acid groups (broad SMARTS) is 1. The number of hydrogen-bond acceptors (Lipinski definition) is 4. The highest BCUT2D eigenvalue weighted by atomic mass is 16.4. The minimum atomic E-state index is -0.942. The zero-order chi connectivity index (χ0) is 15.6. The maximum Gasteiger partial charge on any atom is 0.348 e. The second kappa shape index (κ2) is 5.87. The van der Waals surface area contributed by atoms with E-state index >= 15 is 0 Å². The number of rotatable bonds is 4. The summed E-state index contributed by atoms with van der Waals surface area (Å²) in [6.07, 6.45) is 3.20. The van der Waals surface area contributed by atoms with E-state index in [1.54, 1.807) is 32.3 Å². The van der Waals surface area contributed by atoms with E-state index in [-0.39, 0.29) is 18.2 Å². The Morgan fingerprint density at radius 3 is 2.71 bits per heavy atom. The van der Waals surface area contributed by atoms with Gasteiger partial charge in [0.2, 0.25) is 0 Å². The number of aliphatic carboxylic acids is 1. The molecule has 0 aromatic carbocycles. The van der Waals surface area contributed by atoms with Gasteiger partial charge in [0.1, 0.15) is 0 Å². The topological polar surface area (TPSA) is 85.1 Å². The summed E-state index contributed by atoms with van der Waals surface area (Å²) in [6.45, 7) is 5.28. The Morgan fingerprint density at radius 1 is 1.43 bits per heavy atom. The van der Waals surface area contributed by atoms with Crippen LogP contribution >= 0.6 is 0 Å². The van der Waals surface area contributed by atoms with Gasteiger partial charge >= 0.3 is 11.7 Å². The van der Waals surface area contributed by atoms with E-state index in [2.05, 4.69) is 9.97 Å². The molecule has 21 heavy (non-hydrogen) atoms. The molecule has 6 nitrogen and oxygen atoms in total. The molecule has 2 heterocycles. The lowest BCUT2D eigenvalue weighted by Crippen LogP contribution is -2.31. The van der Waals surface area contributed by atoms with Gasteiger partial charge in [-0.2, -0.15) is 4.98 Å². The summed E-state index contributed by atoms with van der Waals surface area (Å²) < 4.78 is 1.52. The lowest BCUT2D eigenvalue weighted by atomic mass is 10.1. The highest BCUT2D eigenvalue weighted by Crippen LogP contribution is 2.19. The number of carboxylic acids is 1. The van der Waals surface area contributed by atoms with Crippen LogP contribution in [0.2, 0.25) is 0 Å². The van der Waals surface area contributed by atoms with Crippen molar-refractivity contribution in [3.8, 4) is 0 Å². The molecule has 1 atom stereocenters. The molecule has 0 aliphatic rings. The van der Waals surface area contributed by atoms with Gasteiger partial charge in [-0.25, -0.2) is 4.79 Å². The van der Waals surface area contributed by atoms with Crippen molar-refractivity contribution in [1.82, 2.24) is 14.5 Å². The first-order valence-electron chi connectivity index (χ1n) is 6.62. The number of hydrogen-bond donors (Lipinski definition) is 1. The van der Waals surface area contributed by atoms with Crippen LogP contribution in [0.4, 0.5) is 0 Å². The number of nitrogens with zero attached hydrogens (tertiary/aromatic N) is 3. The van der Waals surface area contributed by atoms with Gasteiger partial charge in [0.15, 0.2) is 0 Å². The molecule has 0 fully saturated rings. The second-order valence-electron chi connectivity index (χ2n) is 4.95. The zero-order valence-electron chi connectivity index (χ0n) is 12.2. The van der Waals surface area contributed by atoms with Crippen LogP contribution in [-0.4, -0.2) is 25.6 Å². The molecule has 2 aromatic heterocycles. The lowest BCUT2D eigenvalue weighted by Gasteiger charge is -2.20. The van der Waals surface area contributed by atoms with Crippen LogP contribution in [0.1, 0.15) is 35.5 Å². The molecule has 1 unspecified atom stereocenters. The molecule has 0 aliphatic heterocycles. The summed E-state index contributed by atoms with van der Waals surface area (Å²) in [5.41, 5.74) is 2.17. The first kappa shape index (κ1) is 14.9. The molecule has 0 radical (unpaired) electrons. The molecule has 0 bridgehead atoms. The molecule has 0 saturated heterocycles. The van der Waals surface area contributed by atoms with Crippen molar-refractivity contribution in [3.63, 3.8) is 0 Å². The van der Waals surface area contributed by atoms with Crippen molar-refractivity contribution in [3.05, 3.63) is 57.5 Å². The maximum atomic E-state index is 12.2. The third-order valence-corrected chi connectivity index (χ3v) is 3.59. The van der Waals surface area contributed by atoms with Crippen molar-refractivity contribution in [2.45, 2.75) is 33.2 Å². The first-order valence-corrected chi connectivity index (χ1v) is 6.62. The third-order valence-electron chi connectivity index (χ3n) is 3.59. The largest absolute Gasteiger partial charge is 0.481 e. The molecule has 0 amide bonds. The zero-order valence-corrected chi connectivity index (χ0v) is 12.2. The van der Waals surface area contributed by atoms with Crippen molar-refractivity contribution in [1.29, 1.82) is 0 Å². The van der Waals surface area contributed by atoms with Crippen LogP contribution in [0.25, 0.3) is 0 Å². The van der Waals surface area contributed by atoms with Crippen LogP contribution in [-0.2, 0) is 11.2 Å². The highest BCUT2D eigenvalue weighted by molar-refractivity contribution is 5.70. The van der Waals surface area contributed by atoms with Gasteiger partial charge in [-0.3, -0.25) is 14.3 Å². The quantitative estimate of drug-likeness (QED) is 0.921. The summed E-state index contributed by atoms with van der Waals surface area (Å²) in [5, 5.41) is 9.01. The average molecular weight is 287 g/mol. The summed E-state index contributed by atoms with van der Waals surface area (Å²) in [4.78, 5) is 31.2. The predicted octanol–water partition coefficient (Wildman–Crippen LogP) is 1.49. The van der Waals surface area contributed by atoms with Crippen molar-refractivity contribution >= 4 is 5.97 Å². The van der Waals surface area contributed by atoms with Gasteiger partial charge in [-0.1, -0.05) is 6.07 Å². The third kappa shape index (κ3) is 2.99. The van der Waals surface area contributed by atoms with Gasteiger partial charge in [-0.05, 0) is 32.4 Å². The van der Waals surface area contributed by atoms with Crippen molar-refractivity contribution in [2.75, 3.05) is 0 Å². The van der Waals surface area contributed by atoms with Gasteiger partial charge < -0.3 is 5.11 Å². The van der Waals surface area contributed by atoms with Gasteiger partial charge in [0, 0.05) is 29.3 Å². The van der Waals surface area contributed by atoms with E-state index in [0.717, 1.165) is 5.56 Å². The molecule has 0 saturated carbocycles. The van der Waals surface area contributed by atoms with E-state index in [4.69, 9.17) is 5.11 Å². The Balaban J connectivity index is 2.58. The number of aryl methyl sites for hydroxylation is 1. The Morgan fingerprint density at radius 2 is 2.14 bits per heavy atom. The fourth-order valence-electron chi connectivity index (χ4n) is 2.45. The van der Waals surface area contributed by atoms with Crippen LogP contribution in [0.15, 0.2) is 29.3 Å². The minimum Gasteiger partial charge on any atom is -0.481 e. The van der Waals surface area contributed by atoms with Crippen LogP contribution < -0.4 is 5.69 Å². The highest BCUT2D eigenvalue weighted by Gasteiger charge is 2.18. The van der Waals surface area contributed by atoms with E-state index < -0.39 is 5.97 Å². The Hall–Kier alpha value is -2.50. The van der Waals surface area contributed by atoms with Crippen molar-refractivity contribution < 1.29 is 9.90 Å². The van der Waals surface area contributed by atoms with Crippen LogP contribution in [0, 0.1) is 13.8 Å². The molecule has 0 aliphatic carbocycles. The van der Waals surface area contributed by atoms with E-state index in [0.29, 0.717) is 17.0 Å². The molecule has 0 spiro atoms. The SMILES string of the molecule is Cc1nc(=O)n(C(C)c2cccnc2)c(C)c1CC(=O)O. The smallest absolute Gasteiger partial charge is 0.348 e. The molecule has 2 aromatic rings. The first-order chi connectivity index (χ1) is 9.91. The Kier molecular flexibility index (Phi) is 4.16. The monoisotopic (exact) mass is 287 g/mol. The van der Waals surface area contributed by atoms with Gasteiger partial charge in [-0.15, -0.1) is 0 Å². The molecule has 110 valence electrons. The van der Waals surface area contributed by atoms with E-state index in [1.807, 2.05) is 13.0 Å². The molecular weight excluding hydrogens is 270 g/mol. The molecule has 2 rings (SSSR count). The average Bonchev–Trinajstić information content (AvgIpc) is 2.44. The van der Waals surface area contributed by atoms with Gasteiger partial charge in [0.05, 0.1) is 12.5 Å².